The first kappa shape index (κ1) is 8.23. The summed E-state index contributed by atoms with van der Waals surface area (Å²) in [7, 11) is 0. The topological polar surface area (TPSA) is 33.2 Å². The number of hydrogen-bond acceptors (Lipinski definition) is 2. The van der Waals surface area contributed by atoms with Gasteiger partial charge in [-0.15, -0.1) is 0 Å². The minimum Gasteiger partial charge on any atom is -0.333 e. The van der Waals surface area contributed by atoms with Crippen LogP contribution in [0.5, 0.6) is 0 Å². The van der Waals surface area contributed by atoms with E-state index in [1.54, 1.807) is 6.20 Å². The van der Waals surface area contributed by atoms with Gasteiger partial charge in [-0.25, -0.2) is 0 Å². The van der Waals surface area contributed by atoms with Gasteiger partial charge in [-0.3, -0.25) is 9.78 Å². The van der Waals surface area contributed by atoms with Gasteiger partial charge in [-0.2, -0.15) is 0 Å². The van der Waals surface area contributed by atoms with Crippen molar-refractivity contribution in [2.45, 2.75) is 19.9 Å². The molecule has 2 heterocycles. The molecule has 1 aromatic heterocycles. The molecular formula is C10H12N2O. The van der Waals surface area contributed by atoms with Crippen LogP contribution in [-0.4, -0.2) is 22.3 Å². The Bertz CT molecular complexity index is 335. The Morgan fingerprint density at radius 3 is 3.15 bits per heavy atom. The summed E-state index contributed by atoms with van der Waals surface area (Å²) in [5.41, 5.74) is 1.69. The molecule has 2 rings (SSSR count). The first-order chi connectivity index (χ1) is 6.33. The maximum atomic E-state index is 11.7. The van der Waals surface area contributed by atoms with Crippen LogP contribution < -0.4 is 0 Å². The van der Waals surface area contributed by atoms with E-state index in [0.29, 0.717) is 5.69 Å². The lowest BCUT2D eigenvalue weighted by Crippen LogP contribution is -2.24. The minimum absolute atomic E-state index is 0.0810. The Hall–Kier alpha value is -1.38. The van der Waals surface area contributed by atoms with Crippen LogP contribution in [0.1, 0.15) is 29.4 Å². The van der Waals surface area contributed by atoms with Gasteiger partial charge >= 0.3 is 0 Å². The Balaban J connectivity index is 2.28. The van der Waals surface area contributed by atoms with E-state index < -0.39 is 0 Å². The van der Waals surface area contributed by atoms with Crippen molar-refractivity contribution < 1.29 is 4.79 Å². The van der Waals surface area contributed by atoms with E-state index in [9.17, 15) is 4.79 Å². The van der Waals surface area contributed by atoms with Gasteiger partial charge in [0.2, 0.25) is 0 Å². The Kier molecular flexibility index (Phi) is 2.00. The molecule has 1 aliphatic rings. The van der Waals surface area contributed by atoms with Crippen molar-refractivity contribution in [3.8, 4) is 0 Å². The van der Waals surface area contributed by atoms with Crippen molar-refractivity contribution in [1.29, 1.82) is 0 Å². The summed E-state index contributed by atoms with van der Waals surface area (Å²) >= 11 is 0. The van der Waals surface area contributed by atoms with Crippen molar-refractivity contribution in [2.24, 2.45) is 0 Å². The van der Waals surface area contributed by atoms with Crippen molar-refractivity contribution in [3.05, 3.63) is 29.6 Å². The van der Waals surface area contributed by atoms with Crippen molar-refractivity contribution >= 4 is 5.91 Å². The zero-order valence-electron chi connectivity index (χ0n) is 7.66. The van der Waals surface area contributed by atoms with Gasteiger partial charge in [-0.1, -0.05) is 13.0 Å². The lowest BCUT2D eigenvalue weighted by Gasteiger charge is -2.12. The molecule has 0 radical (unpaired) electrons. The predicted molar refractivity (Wildman–Crippen MR) is 49.3 cm³/mol. The van der Waals surface area contributed by atoms with Gasteiger partial charge in [0.05, 0.1) is 0 Å². The molecule has 0 N–H and O–H groups in total. The van der Waals surface area contributed by atoms with Crippen molar-refractivity contribution in [2.75, 3.05) is 6.54 Å². The molecule has 1 amide bonds. The van der Waals surface area contributed by atoms with E-state index in [1.807, 2.05) is 17.0 Å². The summed E-state index contributed by atoms with van der Waals surface area (Å²) in [5.74, 6) is 0.0810. The number of carbonyl (C=O) groups excluding carboxylic acids is 1. The highest BCUT2D eigenvalue weighted by molar-refractivity contribution is 5.96. The van der Waals surface area contributed by atoms with Gasteiger partial charge in [0.15, 0.2) is 0 Å². The van der Waals surface area contributed by atoms with E-state index in [1.165, 1.54) is 0 Å². The standard InChI is InChI=1S/C10H12N2O/c1-2-6-12-7-8-4-3-5-11-9(8)10(12)13/h3-5H,2,6-7H2,1H3. The van der Waals surface area contributed by atoms with Gasteiger partial charge in [0, 0.05) is 24.8 Å². The van der Waals surface area contributed by atoms with Gasteiger partial charge in [0.25, 0.3) is 5.91 Å². The lowest BCUT2D eigenvalue weighted by molar-refractivity contribution is 0.0774. The fourth-order valence-electron chi connectivity index (χ4n) is 1.64. The highest BCUT2D eigenvalue weighted by Gasteiger charge is 2.27. The third kappa shape index (κ3) is 1.30. The fourth-order valence-corrected chi connectivity index (χ4v) is 1.64. The second kappa shape index (κ2) is 3.17. The average Bonchev–Trinajstić information content (AvgIpc) is 2.46. The number of nitrogens with zero attached hydrogens (tertiary/aromatic N) is 2. The number of amides is 1. The third-order valence-corrected chi connectivity index (χ3v) is 2.24. The highest BCUT2D eigenvalue weighted by atomic mass is 16.2. The first-order valence-corrected chi connectivity index (χ1v) is 4.56. The van der Waals surface area contributed by atoms with Crippen LogP contribution in [0, 0.1) is 0 Å². The van der Waals surface area contributed by atoms with Gasteiger partial charge in [0.1, 0.15) is 5.69 Å². The predicted octanol–water partition coefficient (Wildman–Crippen LogP) is 1.45. The highest BCUT2D eigenvalue weighted by Crippen LogP contribution is 2.19. The summed E-state index contributed by atoms with van der Waals surface area (Å²) in [5, 5.41) is 0. The molecule has 0 saturated carbocycles. The number of aromatic nitrogens is 1. The SMILES string of the molecule is CCCN1Cc2cccnc2C1=O. The fraction of sp³-hybridized carbons (Fsp3) is 0.400. The van der Waals surface area contributed by atoms with Crippen LogP contribution in [-0.2, 0) is 6.54 Å². The Labute approximate surface area is 77.4 Å². The smallest absolute Gasteiger partial charge is 0.273 e. The first-order valence-electron chi connectivity index (χ1n) is 4.56. The summed E-state index contributed by atoms with van der Waals surface area (Å²) < 4.78 is 0. The lowest BCUT2D eigenvalue weighted by atomic mass is 10.2. The maximum absolute atomic E-state index is 11.7. The molecule has 0 atom stereocenters. The normalized spacial score (nSPS) is 14.8. The van der Waals surface area contributed by atoms with Crippen molar-refractivity contribution in [1.82, 2.24) is 9.88 Å². The Morgan fingerprint density at radius 1 is 1.62 bits per heavy atom. The zero-order valence-corrected chi connectivity index (χ0v) is 7.66. The largest absolute Gasteiger partial charge is 0.333 e. The third-order valence-electron chi connectivity index (χ3n) is 2.24. The molecule has 0 bridgehead atoms. The summed E-state index contributed by atoms with van der Waals surface area (Å²) in [4.78, 5) is 17.6. The second-order valence-corrected chi connectivity index (χ2v) is 3.24. The van der Waals surface area contributed by atoms with Crippen LogP contribution in [0.3, 0.4) is 0 Å². The quantitative estimate of drug-likeness (QED) is 0.683. The molecule has 1 aromatic rings. The van der Waals surface area contributed by atoms with Crippen LogP contribution in [0.4, 0.5) is 0 Å². The molecule has 3 heteroatoms. The number of pyridine rings is 1. The summed E-state index contributed by atoms with van der Waals surface area (Å²) in [6.45, 7) is 3.63. The maximum Gasteiger partial charge on any atom is 0.273 e. The molecule has 0 saturated heterocycles. The van der Waals surface area contributed by atoms with E-state index in [4.69, 9.17) is 0 Å². The molecule has 68 valence electrons. The van der Waals surface area contributed by atoms with Crippen molar-refractivity contribution in [3.63, 3.8) is 0 Å². The Morgan fingerprint density at radius 2 is 2.46 bits per heavy atom. The minimum atomic E-state index is 0.0810. The molecule has 1 aliphatic heterocycles. The molecule has 13 heavy (non-hydrogen) atoms. The molecule has 0 fully saturated rings. The molecule has 3 nitrogen and oxygen atoms in total. The molecule has 0 aliphatic carbocycles. The average molecular weight is 176 g/mol. The zero-order chi connectivity index (χ0) is 9.26. The number of rotatable bonds is 2. The van der Waals surface area contributed by atoms with Crippen LogP contribution in [0.2, 0.25) is 0 Å². The van der Waals surface area contributed by atoms with Gasteiger partial charge in [-0.05, 0) is 12.5 Å². The molecule has 0 aromatic carbocycles. The number of hydrogen-bond donors (Lipinski definition) is 0. The molecular weight excluding hydrogens is 164 g/mol. The van der Waals surface area contributed by atoms with E-state index >= 15 is 0 Å². The van der Waals surface area contributed by atoms with Gasteiger partial charge < -0.3 is 4.90 Å². The summed E-state index contributed by atoms with van der Waals surface area (Å²) in [6, 6.07) is 3.84. The number of fused-ring (bicyclic) bond motifs is 1. The van der Waals surface area contributed by atoms with E-state index in [2.05, 4.69) is 11.9 Å². The molecule has 0 spiro atoms. The molecule has 0 unspecified atom stereocenters. The number of carbonyl (C=O) groups is 1. The van der Waals surface area contributed by atoms with Crippen LogP contribution >= 0.6 is 0 Å². The second-order valence-electron chi connectivity index (χ2n) is 3.24. The van der Waals surface area contributed by atoms with Crippen LogP contribution in [0.15, 0.2) is 18.3 Å². The summed E-state index contributed by atoms with van der Waals surface area (Å²) in [6.07, 6.45) is 2.67. The monoisotopic (exact) mass is 176 g/mol. The van der Waals surface area contributed by atoms with Crippen LogP contribution in [0.25, 0.3) is 0 Å². The van der Waals surface area contributed by atoms with E-state index in [0.717, 1.165) is 25.1 Å². The van der Waals surface area contributed by atoms with E-state index in [-0.39, 0.29) is 5.91 Å².